The molecule has 1 aromatic carbocycles. The molecule has 0 fully saturated rings. The van der Waals surface area contributed by atoms with Crippen LogP contribution in [0.5, 0.6) is 0 Å². The summed E-state index contributed by atoms with van der Waals surface area (Å²) in [6.07, 6.45) is 6.81. The average Bonchev–Trinajstić information content (AvgIpc) is 3.17. The lowest BCUT2D eigenvalue weighted by Gasteiger charge is -2.04. The maximum atomic E-state index is 11.9. The second kappa shape index (κ2) is 7.62. The largest absolute Gasteiger partial charge is 0.361 e. The van der Waals surface area contributed by atoms with Gasteiger partial charge in [0.15, 0.2) is 0 Å². The van der Waals surface area contributed by atoms with Crippen molar-refractivity contribution < 1.29 is 4.79 Å². The van der Waals surface area contributed by atoms with Gasteiger partial charge in [-0.1, -0.05) is 11.6 Å². The van der Waals surface area contributed by atoms with Gasteiger partial charge in [-0.3, -0.25) is 4.79 Å². The van der Waals surface area contributed by atoms with Gasteiger partial charge in [0.2, 0.25) is 5.91 Å². The van der Waals surface area contributed by atoms with E-state index < -0.39 is 0 Å². The smallest absolute Gasteiger partial charge is 0.220 e. The predicted molar refractivity (Wildman–Crippen MR) is 95.1 cm³/mol. The van der Waals surface area contributed by atoms with E-state index in [4.69, 9.17) is 11.6 Å². The SMILES string of the molecule is O=C(CCCc1nccs1)NCCc1c[nH]c2ccc(Cl)cc12. The minimum Gasteiger partial charge on any atom is -0.361 e. The molecule has 0 unspecified atom stereocenters. The minimum absolute atomic E-state index is 0.0967. The van der Waals surface area contributed by atoms with Gasteiger partial charge in [0.1, 0.15) is 0 Å². The van der Waals surface area contributed by atoms with Crippen molar-refractivity contribution in [2.45, 2.75) is 25.7 Å². The standard InChI is InChI=1S/C17H18ClN3OS/c18-13-4-5-15-14(10-13)12(11-21-15)6-7-19-16(22)2-1-3-17-20-8-9-23-17/h4-5,8-11,21H,1-3,6-7H2,(H,19,22). The van der Waals surface area contributed by atoms with Crippen molar-refractivity contribution in [3.8, 4) is 0 Å². The number of hydrogen-bond donors (Lipinski definition) is 2. The van der Waals surface area contributed by atoms with Crippen LogP contribution >= 0.6 is 22.9 Å². The van der Waals surface area contributed by atoms with Gasteiger partial charge in [-0.25, -0.2) is 4.98 Å². The lowest BCUT2D eigenvalue weighted by Crippen LogP contribution is -2.25. The highest BCUT2D eigenvalue weighted by Crippen LogP contribution is 2.22. The molecule has 0 saturated carbocycles. The second-order valence-electron chi connectivity index (χ2n) is 5.38. The number of fused-ring (bicyclic) bond motifs is 1. The summed E-state index contributed by atoms with van der Waals surface area (Å²) in [5.41, 5.74) is 2.24. The molecule has 0 spiro atoms. The van der Waals surface area contributed by atoms with Crippen LogP contribution in [0.3, 0.4) is 0 Å². The Morgan fingerprint density at radius 1 is 1.35 bits per heavy atom. The van der Waals surface area contributed by atoms with Gasteiger partial charge in [-0.15, -0.1) is 11.3 Å². The number of rotatable bonds is 7. The zero-order valence-corrected chi connectivity index (χ0v) is 14.2. The van der Waals surface area contributed by atoms with Crippen LogP contribution in [-0.2, 0) is 17.6 Å². The topological polar surface area (TPSA) is 57.8 Å². The maximum Gasteiger partial charge on any atom is 0.220 e. The van der Waals surface area contributed by atoms with Gasteiger partial charge in [0, 0.05) is 46.7 Å². The molecular weight excluding hydrogens is 330 g/mol. The number of halogens is 1. The summed E-state index contributed by atoms with van der Waals surface area (Å²) in [6.45, 7) is 0.634. The Labute approximate surface area is 143 Å². The molecule has 2 aromatic heterocycles. The van der Waals surface area contributed by atoms with Crippen LogP contribution < -0.4 is 5.32 Å². The number of H-pyrrole nitrogens is 1. The number of benzene rings is 1. The number of hydrogen-bond acceptors (Lipinski definition) is 3. The Morgan fingerprint density at radius 2 is 2.26 bits per heavy atom. The summed E-state index contributed by atoms with van der Waals surface area (Å²) in [6, 6.07) is 5.80. The third kappa shape index (κ3) is 4.33. The van der Waals surface area contributed by atoms with Gasteiger partial charge >= 0.3 is 0 Å². The average molecular weight is 348 g/mol. The van der Waals surface area contributed by atoms with E-state index in [2.05, 4.69) is 15.3 Å². The van der Waals surface area contributed by atoms with E-state index in [0.717, 1.165) is 40.2 Å². The van der Waals surface area contributed by atoms with Crippen LogP contribution in [0, 0.1) is 0 Å². The van der Waals surface area contributed by atoms with Crippen molar-refractivity contribution >= 4 is 39.7 Å². The van der Waals surface area contributed by atoms with Crippen molar-refractivity contribution in [2.24, 2.45) is 0 Å². The summed E-state index contributed by atoms with van der Waals surface area (Å²) in [7, 11) is 0. The highest BCUT2D eigenvalue weighted by atomic mass is 35.5. The summed E-state index contributed by atoms with van der Waals surface area (Å²) in [5.74, 6) is 0.0967. The fraction of sp³-hybridized carbons (Fsp3) is 0.294. The molecular formula is C17H18ClN3OS. The number of carbonyl (C=O) groups is 1. The summed E-state index contributed by atoms with van der Waals surface area (Å²) >= 11 is 7.68. The van der Waals surface area contributed by atoms with E-state index >= 15 is 0 Å². The van der Waals surface area contributed by atoms with Crippen molar-refractivity contribution in [3.63, 3.8) is 0 Å². The van der Waals surface area contributed by atoms with Crippen LogP contribution in [0.15, 0.2) is 36.0 Å². The molecule has 23 heavy (non-hydrogen) atoms. The molecule has 3 rings (SSSR count). The number of aromatic nitrogens is 2. The third-order valence-electron chi connectivity index (χ3n) is 3.72. The summed E-state index contributed by atoms with van der Waals surface area (Å²) in [4.78, 5) is 19.3. The van der Waals surface area contributed by atoms with E-state index in [0.29, 0.717) is 13.0 Å². The van der Waals surface area contributed by atoms with E-state index in [9.17, 15) is 4.79 Å². The Hall–Kier alpha value is -1.85. The first-order valence-electron chi connectivity index (χ1n) is 7.63. The Bertz CT molecular complexity index is 782. The molecule has 2 N–H and O–H groups in total. The zero-order chi connectivity index (χ0) is 16.1. The molecule has 0 aliphatic rings. The first-order chi connectivity index (χ1) is 11.2. The fourth-order valence-electron chi connectivity index (χ4n) is 2.56. The summed E-state index contributed by atoms with van der Waals surface area (Å²) < 4.78 is 0. The number of amides is 1. The molecule has 1 amide bonds. The lowest BCUT2D eigenvalue weighted by molar-refractivity contribution is -0.121. The molecule has 0 radical (unpaired) electrons. The molecule has 2 heterocycles. The van der Waals surface area contributed by atoms with Crippen LogP contribution in [0.1, 0.15) is 23.4 Å². The third-order valence-corrected chi connectivity index (χ3v) is 4.80. The van der Waals surface area contributed by atoms with Crippen LogP contribution in [0.4, 0.5) is 0 Å². The molecule has 0 saturated heterocycles. The van der Waals surface area contributed by atoms with E-state index in [-0.39, 0.29) is 5.91 Å². The van der Waals surface area contributed by atoms with Crippen molar-refractivity contribution in [2.75, 3.05) is 6.54 Å². The number of carbonyl (C=O) groups excluding carboxylic acids is 1. The van der Waals surface area contributed by atoms with Gasteiger partial charge in [0.25, 0.3) is 0 Å². The van der Waals surface area contributed by atoms with E-state index in [1.165, 1.54) is 5.56 Å². The van der Waals surface area contributed by atoms with Gasteiger partial charge < -0.3 is 10.3 Å². The highest BCUT2D eigenvalue weighted by Gasteiger charge is 2.06. The molecule has 120 valence electrons. The van der Waals surface area contributed by atoms with E-state index in [1.807, 2.05) is 29.8 Å². The minimum atomic E-state index is 0.0967. The quantitative estimate of drug-likeness (QED) is 0.679. The molecule has 0 aliphatic heterocycles. The molecule has 4 nitrogen and oxygen atoms in total. The van der Waals surface area contributed by atoms with Crippen molar-refractivity contribution in [1.82, 2.24) is 15.3 Å². The molecule has 3 aromatic rings. The number of aromatic amines is 1. The van der Waals surface area contributed by atoms with Crippen LogP contribution in [0.2, 0.25) is 5.02 Å². The number of aryl methyl sites for hydroxylation is 1. The molecule has 6 heteroatoms. The number of nitrogens with zero attached hydrogens (tertiary/aromatic N) is 1. The highest BCUT2D eigenvalue weighted by molar-refractivity contribution is 7.09. The molecule has 0 aliphatic carbocycles. The number of thiazole rings is 1. The number of nitrogens with one attached hydrogen (secondary N) is 2. The van der Waals surface area contributed by atoms with Crippen LogP contribution in [-0.4, -0.2) is 22.4 Å². The van der Waals surface area contributed by atoms with Gasteiger partial charge in [-0.05, 0) is 43.0 Å². The first kappa shape index (κ1) is 16.0. The Kier molecular flexibility index (Phi) is 5.31. The van der Waals surface area contributed by atoms with Gasteiger partial charge in [-0.2, -0.15) is 0 Å². The summed E-state index contributed by atoms with van der Waals surface area (Å²) in [5, 5.41) is 7.88. The second-order valence-corrected chi connectivity index (χ2v) is 6.80. The monoisotopic (exact) mass is 347 g/mol. The lowest BCUT2D eigenvalue weighted by atomic mass is 10.1. The Balaban J connectivity index is 1.43. The predicted octanol–water partition coefficient (Wildman–Crippen LogP) is 3.96. The molecule has 0 bridgehead atoms. The fourth-order valence-corrected chi connectivity index (χ4v) is 3.39. The Morgan fingerprint density at radius 3 is 3.09 bits per heavy atom. The zero-order valence-electron chi connectivity index (χ0n) is 12.6. The first-order valence-corrected chi connectivity index (χ1v) is 8.89. The normalized spacial score (nSPS) is 11.0. The van der Waals surface area contributed by atoms with Crippen molar-refractivity contribution in [1.29, 1.82) is 0 Å². The van der Waals surface area contributed by atoms with Crippen molar-refractivity contribution in [3.05, 3.63) is 51.6 Å². The maximum absolute atomic E-state index is 11.9. The van der Waals surface area contributed by atoms with Gasteiger partial charge in [0.05, 0.1) is 5.01 Å². The van der Waals surface area contributed by atoms with E-state index in [1.54, 1.807) is 17.5 Å². The van der Waals surface area contributed by atoms with Crippen LogP contribution in [0.25, 0.3) is 10.9 Å². The molecule has 0 atom stereocenters.